The van der Waals surface area contributed by atoms with Gasteiger partial charge in [-0.25, -0.2) is 4.39 Å². The third kappa shape index (κ3) is 0.830. The Hall–Kier alpha value is -1.64. The number of halogens is 1. The molecule has 1 aromatic heterocycles. The van der Waals surface area contributed by atoms with Crippen LogP contribution in [0.3, 0.4) is 0 Å². The molecule has 0 aliphatic heterocycles. The van der Waals surface area contributed by atoms with Crippen molar-refractivity contribution in [3.05, 3.63) is 36.3 Å². The monoisotopic (exact) mass is 162 g/mol. The first-order chi connectivity index (χ1) is 5.83. The molecule has 60 valence electrons. The number of benzene rings is 1. The van der Waals surface area contributed by atoms with E-state index in [4.69, 9.17) is 0 Å². The molecule has 2 nitrogen and oxygen atoms in total. The van der Waals surface area contributed by atoms with Gasteiger partial charge in [-0.1, -0.05) is 12.6 Å². The number of rotatable bonds is 1. The zero-order chi connectivity index (χ0) is 8.55. The van der Waals surface area contributed by atoms with Crippen molar-refractivity contribution < 1.29 is 4.39 Å². The highest BCUT2D eigenvalue weighted by Gasteiger charge is 2.05. The largest absolute Gasteiger partial charge is 0.277 e. The van der Waals surface area contributed by atoms with E-state index in [0.29, 0.717) is 16.6 Å². The van der Waals surface area contributed by atoms with Crippen molar-refractivity contribution in [3.63, 3.8) is 0 Å². The molecule has 2 rings (SSSR count). The highest BCUT2D eigenvalue weighted by Crippen LogP contribution is 2.19. The van der Waals surface area contributed by atoms with E-state index in [1.54, 1.807) is 12.1 Å². The number of nitrogens with one attached hydrogen (secondary N) is 1. The van der Waals surface area contributed by atoms with Crippen LogP contribution in [0.4, 0.5) is 4.39 Å². The van der Waals surface area contributed by atoms with E-state index >= 15 is 0 Å². The van der Waals surface area contributed by atoms with Gasteiger partial charge < -0.3 is 0 Å². The summed E-state index contributed by atoms with van der Waals surface area (Å²) in [5, 5.41) is 7.12. The Morgan fingerprint density at radius 3 is 3.08 bits per heavy atom. The summed E-state index contributed by atoms with van der Waals surface area (Å²) in [6.45, 7) is 3.55. The fourth-order valence-electron chi connectivity index (χ4n) is 1.20. The quantitative estimate of drug-likeness (QED) is 0.685. The molecule has 0 saturated heterocycles. The number of fused-ring (bicyclic) bond motifs is 1. The molecule has 2 aromatic rings. The maximum absolute atomic E-state index is 13.2. The molecule has 0 unspecified atom stereocenters. The summed E-state index contributed by atoms with van der Waals surface area (Å²) in [5.74, 6) is -0.267. The summed E-state index contributed by atoms with van der Waals surface area (Å²) in [6, 6.07) is 4.83. The van der Waals surface area contributed by atoms with Gasteiger partial charge in [0.1, 0.15) is 5.82 Å². The molecule has 0 bridgehead atoms. The normalized spacial score (nSPS) is 10.4. The number of hydrogen-bond acceptors (Lipinski definition) is 1. The zero-order valence-corrected chi connectivity index (χ0v) is 6.34. The van der Waals surface area contributed by atoms with Crippen LogP contribution in [-0.4, -0.2) is 10.2 Å². The second kappa shape index (κ2) is 2.44. The van der Waals surface area contributed by atoms with Crippen LogP contribution >= 0.6 is 0 Å². The van der Waals surface area contributed by atoms with E-state index in [1.807, 2.05) is 0 Å². The fraction of sp³-hybridized carbons (Fsp3) is 0. The average Bonchev–Trinajstić information content (AvgIpc) is 2.49. The third-order valence-electron chi connectivity index (χ3n) is 1.76. The third-order valence-corrected chi connectivity index (χ3v) is 1.76. The molecule has 0 aliphatic carbocycles. The summed E-state index contributed by atoms with van der Waals surface area (Å²) >= 11 is 0. The van der Waals surface area contributed by atoms with Gasteiger partial charge in [-0.05, 0) is 18.2 Å². The van der Waals surface area contributed by atoms with Crippen molar-refractivity contribution >= 4 is 17.0 Å². The molecule has 0 spiro atoms. The van der Waals surface area contributed by atoms with E-state index in [-0.39, 0.29) is 5.82 Å². The second-order valence-corrected chi connectivity index (χ2v) is 2.48. The Morgan fingerprint density at radius 2 is 2.33 bits per heavy atom. The van der Waals surface area contributed by atoms with Gasteiger partial charge in [0.15, 0.2) is 0 Å². The second-order valence-electron chi connectivity index (χ2n) is 2.48. The molecule has 0 fully saturated rings. The van der Waals surface area contributed by atoms with Crippen molar-refractivity contribution in [3.8, 4) is 0 Å². The van der Waals surface area contributed by atoms with Gasteiger partial charge in [0.2, 0.25) is 0 Å². The lowest BCUT2D eigenvalue weighted by Crippen LogP contribution is -1.76. The van der Waals surface area contributed by atoms with Crippen LogP contribution in [0.1, 0.15) is 5.69 Å². The minimum Gasteiger partial charge on any atom is -0.277 e. The molecular formula is C9H7FN2. The van der Waals surface area contributed by atoms with Crippen LogP contribution in [0, 0.1) is 5.82 Å². The van der Waals surface area contributed by atoms with Crippen LogP contribution in [0.2, 0.25) is 0 Å². The van der Waals surface area contributed by atoms with Gasteiger partial charge in [-0.15, -0.1) is 0 Å². The van der Waals surface area contributed by atoms with Gasteiger partial charge >= 0.3 is 0 Å². The number of aromatic amines is 1. The van der Waals surface area contributed by atoms with Crippen molar-refractivity contribution in [1.82, 2.24) is 10.2 Å². The molecule has 3 heteroatoms. The summed E-state index contributed by atoms with van der Waals surface area (Å²) in [5.41, 5.74) is 1.26. The Bertz CT molecular complexity index is 431. The smallest absolute Gasteiger partial charge is 0.134 e. The van der Waals surface area contributed by atoms with Gasteiger partial charge in [0.25, 0.3) is 0 Å². The highest BCUT2D eigenvalue weighted by molar-refractivity contribution is 5.86. The van der Waals surface area contributed by atoms with Crippen molar-refractivity contribution in [2.75, 3.05) is 0 Å². The van der Waals surface area contributed by atoms with Crippen LogP contribution < -0.4 is 0 Å². The van der Waals surface area contributed by atoms with Crippen LogP contribution in [0.25, 0.3) is 17.0 Å². The molecule has 1 heterocycles. The summed E-state index contributed by atoms with van der Waals surface area (Å²) < 4.78 is 13.2. The lowest BCUT2D eigenvalue weighted by Gasteiger charge is -1.90. The first-order valence-corrected chi connectivity index (χ1v) is 3.58. The molecule has 12 heavy (non-hydrogen) atoms. The van der Waals surface area contributed by atoms with E-state index < -0.39 is 0 Å². The molecule has 1 N–H and O–H groups in total. The van der Waals surface area contributed by atoms with Crippen LogP contribution in [-0.2, 0) is 0 Å². The highest BCUT2D eigenvalue weighted by atomic mass is 19.1. The summed E-state index contributed by atoms with van der Waals surface area (Å²) in [4.78, 5) is 0. The minimum atomic E-state index is -0.267. The van der Waals surface area contributed by atoms with Crippen molar-refractivity contribution in [1.29, 1.82) is 0 Å². The lowest BCUT2D eigenvalue weighted by atomic mass is 10.2. The number of hydrogen-bond donors (Lipinski definition) is 1. The molecule has 0 saturated carbocycles. The molecule has 0 aliphatic rings. The van der Waals surface area contributed by atoms with Gasteiger partial charge in [0.05, 0.1) is 16.6 Å². The number of H-pyrrole nitrogens is 1. The molecule has 0 amide bonds. The Kier molecular flexibility index (Phi) is 1.43. The predicted molar refractivity (Wildman–Crippen MR) is 46.1 cm³/mol. The Morgan fingerprint density at radius 1 is 1.50 bits per heavy atom. The first kappa shape index (κ1) is 7.03. The maximum Gasteiger partial charge on any atom is 0.134 e. The first-order valence-electron chi connectivity index (χ1n) is 3.58. The SMILES string of the molecule is C=Cc1n[nH]c2cccc(F)c12. The van der Waals surface area contributed by atoms with E-state index in [9.17, 15) is 4.39 Å². The minimum absolute atomic E-state index is 0.267. The number of aromatic nitrogens is 2. The zero-order valence-electron chi connectivity index (χ0n) is 6.34. The Balaban J connectivity index is 2.91. The predicted octanol–water partition coefficient (Wildman–Crippen LogP) is 2.35. The Labute approximate surface area is 68.7 Å². The average molecular weight is 162 g/mol. The summed E-state index contributed by atoms with van der Waals surface area (Å²) in [6.07, 6.45) is 1.53. The molecule has 1 aromatic carbocycles. The van der Waals surface area contributed by atoms with E-state index in [1.165, 1.54) is 12.1 Å². The fourth-order valence-corrected chi connectivity index (χ4v) is 1.20. The standard InChI is InChI=1S/C9H7FN2/c1-2-7-9-6(10)4-3-5-8(9)12-11-7/h2-5H,1H2,(H,11,12). The molecular weight excluding hydrogens is 155 g/mol. The molecule has 0 radical (unpaired) electrons. The van der Waals surface area contributed by atoms with Crippen LogP contribution in [0.15, 0.2) is 24.8 Å². The number of nitrogens with zero attached hydrogens (tertiary/aromatic N) is 1. The van der Waals surface area contributed by atoms with Crippen molar-refractivity contribution in [2.24, 2.45) is 0 Å². The van der Waals surface area contributed by atoms with Gasteiger partial charge in [0, 0.05) is 0 Å². The van der Waals surface area contributed by atoms with Gasteiger partial charge in [-0.2, -0.15) is 5.10 Å². The topological polar surface area (TPSA) is 28.7 Å². The maximum atomic E-state index is 13.2. The van der Waals surface area contributed by atoms with E-state index in [2.05, 4.69) is 16.8 Å². The van der Waals surface area contributed by atoms with Crippen LogP contribution in [0.5, 0.6) is 0 Å². The lowest BCUT2D eigenvalue weighted by molar-refractivity contribution is 0.640. The van der Waals surface area contributed by atoms with Gasteiger partial charge in [-0.3, -0.25) is 5.10 Å². The van der Waals surface area contributed by atoms with Crippen molar-refractivity contribution in [2.45, 2.75) is 0 Å². The summed E-state index contributed by atoms with van der Waals surface area (Å²) in [7, 11) is 0. The van der Waals surface area contributed by atoms with E-state index in [0.717, 1.165) is 0 Å². The molecule has 0 atom stereocenters.